The second-order valence-electron chi connectivity index (χ2n) is 8.00. The van der Waals surface area contributed by atoms with Gasteiger partial charge in [0.15, 0.2) is 5.69 Å². The van der Waals surface area contributed by atoms with Crippen molar-refractivity contribution in [2.75, 3.05) is 18.8 Å². The van der Waals surface area contributed by atoms with E-state index in [1.54, 1.807) is 13.8 Å². The van der Waals surface area contributed by atoms with Crippen LogP contribution in [0.2, 0.25) is 0 Å². The van der Waals surface area contributed by atoms with E-state index >= 15 is 0 Å². The third-order valence-corrected chi connectivity index (χ3v) is 4.94. The summed E-state index contributed by atoms with van der Waals surface area (Å²) in [7, 11) is 0. The Balaban J connectivity index is 2.21. The molecule has 176 valence electrons. The van der Waals surface area contributed by atoms with Gasteiger partial charge in [0.05, 0.1) is 11.3 Å². The molecule has 1 amide bonds. The van der Waals surface area contributed by atoms with Gasteiger partial charge in [0.25, 0.3) is 11.8 Å². The van der Waals surface area contributed by atoms with Gasteiger partial charge in [0.2, 0.25) is 5.89 Å². The number of anilines is 1. The Morgan fingerprint density at radius 2 is 1.84 bits per heavy atom. The maximum absolute atomic E-state index is 13.7. The highest BCUT2D eigenvalue weighted by molar-refractivity contribution is 5.95. The number of nitrogen functional groups attached to an aromatic ring is 1. The number of amides is 1. The lowest BCUT2D eigenvalue weighted by Gasteiger charge is -2.26. The Labute approximate surface area is 179 Å². The summed E-state index contributed by atoms with van der Waals surface area (Å²) in [6, 6.07) is 0.508. The van der Waals surface area contributed by atoms with E-state index in [-0.39, 0.29) is 38.3 Å². The molecular weight excluding hydrogens is 444 g/mol. The van der Waals surface area contributed by atoms with E-state index in [9.17, 15) is 31.1 Å². The molecule has 0 aromatic carbocycles. The van der Waals surface area contributed by atoms with Gasteiger partial charge in [0.1, 0.15) is 11.6 Å². The lowest BCUT2D eigenvalue weighted by Crippen LogP contribution is -2.37. The molecule has 0 saturated heterocycles. The zero-order chi connectivity index (χ0) is 23.8. The third kappa shape index (κ3) is 4.96. The fourth-order valence-corrected chi connectivity index (χ4v) is 3.49. The smallest absolute Gasteiger partial charge is 0.418 e. The average molecular weight is 465 g/mol. The van der Waals surface area contributed by atoms with Crippen molar-refractivity contribution in [2.45, 2.75) is 51.4 Å². The molecule has 1 unspecified atom stereocenters. The lowest BCUT2D eigenvalue weighted by molar-refractivity contribution is -0.156. The fraction of sp³-hybridized carbons (Fsp3) is 0.579. The van der Waals surface area contributed by atoms with Gasteiger partial charge < -0.3 is 15.1 Å². The molecule has 3 heterocycles. The molecule has 2 aromatic rings. The largest absolute Gasteiger partial charge is 0.419 e. The quantitative estimate of drug-likeness (QED) is 0.648. The SMILES string of the molecule is CC(C)CN1CCCCC(C(F)(F)F)c2nnc(o2)-c2nc(c(C(F)(F)F)cc2N)C1=O. The summed E-state index contributed by atoms with van der Waals surface area (Å²) in [5, 5.41) is 6.92. The molecule has 0 aliphatic carbocycles. The van der Waals surface area contributed by atoms with Crippen LogP contribution in [0.25, 0.3) is 11.6 Å². The van der Waals surface area contributed by atoms with E-state index in [1.807, 2.05) is 0 Å². The topological polar surface area (TPSA) is 98.1 Å². The highest BCUT2D eigenvalue weighted by atomic mass is 19.4. The van der Waals surface area contributed by atoms with Crippen molar-refractivity contribution in [1.82, 2.24) is 20.1 Å². The Morgan fingerprint density at radius 3 is 2.44 bits per heavy atom. The number of carbonyl (C=O) groups excluding carboxylic acids is 1. The van der Waals surface area contributed by atoms with Gasteiger partial charge in [-0.15, -0.1) is 10.2 Å². The van der Waals surface area contributed by atoms with Gasteiger partial charge >= 0.3 is 12.4 Å². The molecule has 2 N–H and O–H groups in total. The van der Waals surface area contributed by atoms with Gasteiger partial charge in [-0.3, -0.25) is 4.79 Å². The number of halogens is 6. The van der Waals surface area contributed by atoms with Crippen LogP contribution in [-0.2, 0) is 6.18 Å². The highest BCUT2D eigenvalue weighted by Crippen LogP contribution is 2.40. The molecule has 32 heavy (non-hydrogen) atoms. The zero-order valence-corrected chi connectivity index (χ0v) is 17.2. The van der Waals surface area contributed by atoms with Crippen LogP contribution in [0.4, 0.5) is 32.0 Å². The number of pyridine rings is 1. The number of fused-ring (bicyclic) bond motifs is 5. The molecule has 4 bridgehead atoms. The number of nitrogens with two attached hydrogens (primary N) is 1. The summed E-state index contributed by atoms with van der Waals surface area (Å²) in [6.45, 7) is 3.60. The maximum atomic E-state index is 13.7. The van der Waals surface area contributed by atoms with E-state index < -0.39 is 58.6 Å². The van der Waals surface area contributed by atoms with E-state index in [4.69, 9.17) is 10.2 Å². The molecular formula is C19H21F6N5O2. The monoisotopic (exact) mass is 465 g/mol. The summed E-state index contributed by atoms with van der Waals surface area (Å²) in [5.74, 6) is -4.49. The number of alkyl halides is 6. The molecule has 0 spiro atoms. The van der Waals surface area contributed by atoms with Crippen LogP contribution < -0.4 is 5.73 Å². The number of rotatable bonds is 2. The molecule has 0 radical (unpaired) electrons. The van der Waals surface area contributed by atoms with E-state index in [0.717, 1.165) is 0 Å². The summed E-state index contributed by atoms with van der Waals surface area (Å²) >= 11 is 0. The van der Waals surface area contributed by atoms with Gasteiger partial charge in [0, 0.05) is 13.1 Å². The van der Waals surface area contributed by atoms with E-state index in [0.29, 0.717) is 6.07 Å². The summed E-state index contributed by atoms with van der Waals surface area (Å²) in [4.78, 5) is 18.0. The standard InChI is InChI=1S/C19H21F6N5O2/c1-9(2)8-30-6-4-3-5-10(18(20,21)22)15-28-29-16(32-15)14-12(26)7-11(19(23,24)25)13(27-14)17(30)31/h7,9-10H,3-6,8,26H2,1-2H3. The predicted octanol–water partition coefficient (Wildman–Crippen LogP) is 4.66. The van der Waals surface area contributed by atoms with Crippen LogP contribution >= 0.6 is 0 Å². The van der Waals surface area contributed by atoms with Crippen molar-refractivity contribution in [1.29, 1.82) is 0 Å². The minimum absolute atomic E-state index is 0.0308. The fourth-order valence-electron chi connectivity index (χ4n) is 3.49. The van der Waals surface area contributed by atoms with Crippen molar-refractivity contribution >= 4 is 11.6 Å². The number of hydrogen-bond donors (Lipinski definition) is 1. The molecule has 0 saturated carbocycles. The minimum atomic E-state index is -4.94. The summed E-state index contributed by atoms with van der Waals surface area (Å²) < 4.78 is 86.7. The second kappa shape index (κ2) is 8.58. The third-order valence-electron chi connectivity index (χ3n) is 4.94. The van der Waals surface area contributed by atoms with E-state index in [2.05, 4.69) is 15.2 Å². The Morgan fingerprint density at radius 1 is 1.16 bits per heavy atom. The normalized spacial score (nSPS) is 18.3. The molecule has 2 aromatic heterocycles. The average Bonchev–Trinajstić information content (AvgIpc) is 3.12. The molecule has 3 rings (SSSR count). The first-order chi connectivity index (χ1) is 14.8. The molecule has 13 heteroatoms. The number of nitrogens with zero attached hydrogens (tertiary/aromatic N) is 4. The van der Waals surface area contributed by atoms with Crippen LogP contribution in [0, 0.1) is 5.92 Å². The summed E-state index contributed by atoms with van der Waals surface area (Å²) in [5.41, 5.74) is 2.38. The van der Waals surface area contributed by atoms with Gasteiger partial charge in [-0.05, 0) is 24.8 Å². The lowest BCUT2D eigenvalue weighted by atomic mass is 10.0. The molecule has 7 nitrogen and oxygen atoms in total. The zero-order valence-electron chi connectivity index (χ0n) is 17.2. The molecule has 1 aliphatic rings. The minimum Gasteiger partial charge on any atom is -0.419 e. The van der Waals surface area contributed by atoms with Crippen LogP contribution in [-0.4, -0.2) is 45.3 Å². The van der Waals surface area contributed by atoms with Crippen LogP contribution in [0.5, 0.6) is 0 Å². The first kappa shape index (κ1) is 23.8. The van der Waals surface area contributed by atoms with Crippen molar-refractivity contribution in [2.24, 2.45) is 5.92 Å². The van der Waals surface area contributed by atoms with Gasteiger partial charge in [-0.1, -0.05) is 20.3 Å². The second-order valence-corrected chi connectivity index (χ2v) is 8.00. The number of carbonyl (C=O) groups is 1. The van der Waals surface area contributed by atoms with Crippen molar-refractivity contribution in [3.05, 3.63) is 23.2 Å². The molecule has 1 atom stereocenters. The van der Waals surface area contributed by atoms with Gasteiger partial charge in [-0.25, -0.2) is 4.98 Å². The molecule has 0 fully saturated rings. The van der Waals surface area contributed by atoms with Gasteiger partial charge in [-0.2, -0.15) is 26.3 Å². The van der Waals surface area contributed by atoms with Crippen molar-refractivity contribution < 1.29 is 35.6 Å². The Bertz CT molecular complexity index is 986. The first-order valence-electron chi connectivity index (χ1n) is 9.86. The van der Waals surface area contributed by atoms with E-state index in [1.165, 1.54) is 4.90 Å². The summed E-state index contributed by atoms with van der Waals surface area (Å²) in [6.07, 6.45) is -9.84. The highest BCUT2D eigenvalue weighted by Gasteiger charge is 2.44. The Kier molecular flexibility index (Phi) is 6.38. The van der Waals surface area contributed by atoms with Crippen molar-refractivity contribution in [3.8, 4) is 11.6 Å². The van der Waals surface area contributed by atoms with Crippen molar-refractivity contribution in [3.63, 3.8) is 0 Å². The van der Waals surface area contributed by atoms with Crippen LogP contribution in [0.15, 0.2) is 10.5 Å². The number of hydrogen-bond acceptors (Lipinski definition) is 6. The Hall–Kier alpha value is -2.86. The maximum Gasteiger partial charge on any atom is 0.418 e. The first-order valence-corrected chi connectivity index (χ1v) is 9.86. The predicted molar refractivity (Wildman–Crippen MR) is 100 cm³/mol. The number of aromatic nitrogens is 3. The van der Waals surface area contributed by atoms with Crippen LogP contribution in [0.3, 0.4) is 0 Å². The molecule has 1 aliphatic heterocycles. The van der Waals surface area contributed by atoms with Crippen LogP contribution in [0.1, 0.15) is 61.0 Å².